The van der Waals surface area contributed by atoms with Gasteiger partial charge < -0.3 is 5.73 Å². The van der Waals surface area contributed by atoms with E-state index in [1.165, 1.54) is 16.0 Å². The van der Waals surface area contributed by atoms with E-state index in [1.807, 2.05) is 36.2 Å². The van der Waals surface area contributed by atoms with Crippen molar-refractivity contribution in [3.05, 3.63) is 59.9 Å². The van der Waals surface area contributed by atoms with Crippen molar-refractivity contribution in [1.82, 2.24) is 4.98 Å². The highest BCUT2D eigenvalue weighted by Crippen LogP contribution is 2.22. The van der Waals surface area contributed by atoms with Gasteiger partial charge in [-0.2, -0.15) is 0 Å². The Labute approximate surface area is 99.9 Å². The molecule has 2 nitrogen and oxygen atoms in total. The first-order valence-electron chi connectivity index (χ1n) is 5.19. The summed E-state index contributed by atoms with van der Waals surface area (Å²) in [4.78, 5) is 5.35. The molecule has 16 heavy (non-hydrogen) atoms. The lowest BCUT2D eigenvalue weighted by Gasteiger charge is -2.03. The fraction of sp³-hybridized carbons (Fsp3) is 0.154. The second kappa shape index (κ2) is 5.68. The molecule has 0 atom stereocenters. The summed E-state index contributed by atoms with van der Waals surface area (Å²) in [5.41, 5.74) is 8.03. The van der Waals surface area contributed by atoms with Crippen LogP contribution >= 0.6 is 11.8 Å². The third kappa shape index (κ3) is 3.08. The first-order chi connectivity index (χ1) is 7.88. The van der Waals surface area contributed by atoms with Crippen molar-refractivity contribution < 1.29 is 0 Å². The van der Waals surface area contributed by atoms with E-state index >= 15 is 0 Å². The summed E-state index contributed by atoms with van der Waals surface area (Å²) in [5.74, 6) is 0.946. The van der Waals surface area contributed by atoms with Crippen LogP contribution in [-0.4, -0.2) is 4.98 Å². The van der Waals surface area contributed by atoms with E-state index in [0.29, 0.717) is 6.54 Å². The van der Waals surface area contributed by atoms with Crippen LogP contribution in [0, 0.1) is 0 Å². The zero-order valence-corrected chi connectivity index (χ0v) is 9.78. The van der Waals surface area contributed by atoms with Crippen LogP contribution in [0.1, 0.15) is 11.1 Å². The summed E-state index contributed by atoms with van der Waals surface area (Å²) >= 11 is 1.81. The quantitative estimate of drug-likeness (QED) is 0.821. The molecule has 1 aromatic carbocycles. The molecule has 0 unspecified atom stereocenters. The van der Waals surface area contributed by atoms with E-state index in [9.17, 15) is 0 Å². The highest BCUT2D eigenvalue weighted by atomic mass is 32.2. The molecule has 0 aliphatic carbocycles. The number of hydrogen-bond donors (Lipinski definition) is 1. The number of rotatable bonds is 4. The molecule has 0 fully saturated rings. The van der Waals surface area contributed by atoms with Crippen molar-refractivity contribution in [2.75, 3.05) is 0 Å². The van der Waals surface area contributed by atoms with Gasteiger partial charge >= 0.3 is 0 Å². The number of hydrogen-bond acceptors (Lipinski definition) is 3. The second-order valence-corrected chi connectivity index (χ2v) is 4.55. The maximum absolute atomic E-state index is 5.61. The smallest absolute Gasteiger partial charge is 0.0308 e. The summed E-state index contributed by atoms with van der Waals surface area (Å²) < 4.78 is 0. The van der Waals surface area contributed by atoms with E-state index in [0.717, 1.165) is 5.75 Å². The molecule has 0 aliphatic rings. The molecule has 0 amide bonds. The molecule has 0 aliphatic heterocycles. The first-order valence-corrected chi connectivity index (χ1v) is 6.18. The molecule has 2 N–H and O–H groups in total. The molecule has 0 saturated carbocycles. The summed E-state index contributed by atoms with van der Waals surface area (Å²) in [7, 11) is 0. The zero-order chi connectivity index (χ0) is 11.2. The van der Waals surface area contributed by atoms with Crippen LogP contribution in [0.2, 0.25) is 0 Å². The van der Waals surface area contributed by atoms with Crippen LogP contribution in [0.3, 0.4) is 0 Å². The van der Waals surface area contributed by atoms with E-state index in [2.05, 4.69) is 23.2 Å². The predicted octanol–water partition coefficient (Wildman–Crippen LogP) is 2.83. The Balaban J connectivity index is 1.99. The Kier molecular flexibility index (Phi) is 3.97. The number of nitrogens with two attached hydrogens (primary N) is 1. The minimum absolute atomic E-state index is 0.599. The van der Waals surface area contributed by atoms with Crippen molar-refractivity contribution in [2.45, 2.75) is 17.2 Å². The highest BCUT2D eigenvalue weighted by Gasteiger charge is 1.97. The molecule has 3 heteroatoms. The van der Waals surface area contributed by atoms with Crippen LogP contribution in [0.25, 0.3) is 0 Å². The average Bonchev–Trinajstić information content (AvgIpc) is 2.38. The molecule has 1 aromatic heterocycles. The van der Waals surface area contributed by atoms with Gasteiger partial charge in [-0.25, -0.2) is 0 Å². The number of thioether (sulfide) groups is 1. The maximum atomic E-state index is 5.61. The maximum Gasteiger partial charge on any atom is 0.0308 e. The lowest BCUT2D eigenvalue weighted by Crippen LogP contribution is -1.95. The van der Waals surface area contributed by atoms with Gasteiger partial charge in [0.25, 0.3) is 0 Å². The highest BCUT2D eigenvalue weighted by molar-refractivity contribution is 7.98. The van der Waals surface area contributed by atoms with Gasteiger partial charge in [-0.15, -0.1) is 11.8 Å². The van der Waals surface area contributed by atoms with Gasteiger partial charge in [-0.1, -0.05) is 18.2 Å². The summed E-state index contributed by atoms with van der Waals surface area (Å²) in [5, 5.41) is 0. The van der Waals surface area contributed by atoms with Crippen molar-refractivity contribution in [1.29, 1.82) is 0 Å². The van der Waals surface area contributed by atoms with Crippen LogP contribution < -0.4 is 5.73 Å². The fourth-order valence-electron chi connectivity index (χ4n) is 1.41. The van der Waals surface area contributed by atoms with Gasteiger partial charge in [0, 0.05) is 29.6 Å². The van der Waals surface area contributed by atoms with Crippen LogP contribution in [-0.2, 0) is 12.3 Å². The summed E-state index contributed by atoms with van der Waals surface area (Å²) in [6.45, 7) is 0.599. The summed E-state index contributed by atoms with van der Waals surface area (Å²) in [6, 6.07) is 12.4. The Morgan fingerprint density at radius 1 is 1.12 bits per heavy atom. The minimum atomic E-state index is 0.599. The largest absolute Gasteiger partial charge is 0.326 e. The molecule has 2 aromatic rings. The van der Waals surface area contributed by atoms with E-state index in [-0.39, 0.29) is 0 Å². The van der Waals surface area contributed by atoms with Crippen LogP contribution in [0.5, 0.6) is 0 Å². The normalized spacial score (nSPS) is 10.3. The lowest BCUT2D eigenvalue weighted by atomic mass is 10.2. The molecule has 0 spiro atoms. The number of benzene rings is 1. The second-order valence-electron chi connectivity index (χ2n) is 3.50. The van der Waals surface area contributed by atoms with E-state index in [4.69, 9.17) is 5.73 Å². The standard InChI is InChI=1S/C13H14N2S/c14-8-11-3-1-5-13(7-11)16-10-12-4-2-6-15-9-12/h1-7,9H,8,10,14H2. The van der Waals surface area contributed by atoms with Crippen molar-refractivity contribution in [3.63, 3.8) is 0 Å². The van der Waals surface area contributed by atoms with Gasteiger partial charge in [0.2, 0.25) is 0 Å². The third-order valence-electron chi connectivity index (χ3n) is 2.26. The Morgan fingerprint density at radius 2 is 2.00 bits per heavy atom. The minimum Gasteiger partial charge on any atom is -0.326 e. The SMILES string of the molecule is NCc1cccc(SCc2cccnc2)c1. The lowest BCUT2D eigenvalue weighted by molar-refractivity contribution is 1.06. The number of aromatic nitrogens is 1. The van der Waals surface area contributed by atoms with Gasteiger partial charge in [-0.3, -0.25) is 4.98 Å². The fourth-order valence-corrected chi connectivity index (χ4v) is 2.33. The average molecular weight is 230 g/mol. The Morgan fingerprint density at radius 3 is 2.75 bits per heavy atom. The molecule has 0 radical (unpaired) electrons. The molecule has 0 saturated heterocycles. The van der Waals surface area contributed by atoms with Crippen LogP contribution in [0.15, 0.2) is 53.7 Å². The van der Waals surface area contributed by atoms with Gasteiger partial charge in [-0.05, 0) is 29.3 Å². The van der Waals surface area contributed by atoms with Gasteiger partial charge in [0.05, 0.1) is 0 Å². The molecule has 1 heterocycles. The topological polar surface area (TPSA) is 38.9 Å². The van der Waals surface area contributed by atoms with Crippen molar-refractivity contribution in [3.8, 4) is 0 Å². The molecular formula is C13H14N2S. The van der Waals surface area contributed by atoms with Crippen LogP contribution in [0.4, 0.5) is 0 Å². The van der Waals surface area contributed by atoms with E-state index < -0.39 is 0 Å². The Hall–Kier alpha value is -1.32. The van der Waals surface area contributed by atoms with Gasteiger partial charge in [0.15, 0.2) is 0 Å². The van der Waals surface area contributed by atoms with Crippen molar-refractivity contribution >= 4 is 11.8 Å². The first kappa shape index (κ1) is 11.2. The molecule has 2 rings (SSSR count). The van der Waals surface area contributed by atoms with E-state index in [1.54, 1.807) is 6.20 Å². The summed E-state index contributed by atoms with van der Waals surface area (Å²) in [6.07, 6.45) is 3.70. The zero-order valence-electron chi connectivity index (χ0n) is 8.97. The molecule has 0 bridgehead atoms. The van der Waals surface area contributed by atoms with Gasteiger partial charge in [0.1, 0.15) is 0 Å². The molecular weight excluding hydrogens is 216 g/mol. The Bertz CT molecular complexity index is 443. The number of pyridine rings is 1. The van der Waals surface area contributed by atoms with Crippen molar-refractivity contribution in [2.24, 2.45) is 5.73 Å². The monoisotopic (exact) mass is 230 g/mol. The molecule has 82 valence electrons. The third-order valence-corrected chi connectivity index (χ3v) is 3.33. The predicted molar refractivity (Wildman–Crippen MR) is 68.1 cm³/mol. The number of nitrogens with zero attached hydrogens (tertiary/aromatic N) is 1.